The molecule has 0 bridgehead atoms. The molecule has 0 radical (unpaired) electrons. The summed E-state index contributed by atoms with van der Waals surface area (Å²) in [7, 11) is 0. The number of amides is 1. The van der Waals surface area contributed by atoms with E-state index in [1.54, 1.807) is 6.07 Å². The van der Waals surface area contributed by atoms with Gasteiger partial charge in [0.2, 0.25) is 0 Å². The van der Waals surface area contributed by atoms with Crippen LogP contribution in [0.4, 0.5) is 18.9 Å². The Kier molecular flexibility index (Phi) is 6.02. The third-order valence-corrected chi connectivity index (χ3v) is 3.14. The van der Waals surface area contributed by atoms with Crippen LogP contribution in [-0.2, 0) is 14.3 Å². The summed E-state index contributed by atoms with van der Waals surface area (Å²) in [5, 5.41) is 1.81. The molecule has 0 aromatic heterocycles. The number of rotatable bonds is 3. The molecule has 1 heterocycles. The maximum Gasteiger partial charge on any atom is 0.471 e. The van der Waals surface area contributed by atoms with E-state index >= 15 is 0 Å². The van der Waals surface area contributed by atoms with Crippen molar-refractivity contribution in [2.75, 3.05) is 18.5 Å². The van der Waals surface area contributed by atoms with Crippen LogP contribution >= 0.6 is 0 Å². The van der Waals surface area contributed by atoms with Crippen LogP contribution in [-0.4, -0.2) is 31.6 Å². The summed E-state index contributed by atoms with van der Waals surface area (Å²) in [5.74, 6) is 3.38. The molecule has 124 valence electrons. The standard InChI is InChI=1S/C16H16F3NO3/c17-16(18,19)15(21)20-13-8-2-1-6-12(13)7-5-11-23-14-9-3-4-10-22-14/h1-2,6,8,14H,3-4,9-11H2,(H,20,21). The van der Waals surface area contributed by atoms with Gasteiger partial charge in [-0.05, 0) is 31.4 Å². The van der Waals surface area contributed by atoms with Crippen LogP contribution in [0, 0.1) is 11.8 Å². The fourth-order valence-corrected chi connectivity index (χ4v) is 2.00. The van der Waals surface area contributed by atoms with Gasteiger partial charge in [-0.3, -0.25) is 4.79 Å². The first-order valence-electron chi connectivity index (χ1n) is 7.16. The van der Waals surface area contributed by atoms with Gasteiger partial charge in [-0.1, -0.05) is 24.0 Å². The molecular formula is C16H16F3NO3. The number of nitrogens with one attached hydrogen (secondary N) is 1. The molecule has 0 saturated carbocycles. The van der Waals surface area contributed by atoms with Crippen molar-refractivity contribution >= 4 is 11.6 Å². The number of carbonyl (C=O) groups is 1. The van der Waals surface area contributed by atoms with Crippen molar-refractivity contribution in [1.82, 2.24) is 0 Å². The highest BCUT2D eigenvalue weighted by atomic mass is 19.4. The van der Waals surface area contributed by atoms with Gasteiger partial charge in [0.05, 0.1) is 5.69 Å². The van der Waals surface area contributed by atoms with Gasteiger partial charge in [0, 0.05) is 12.2 Å². The minimum atomic E-state index is -4.94. The molecule has 2 rings (SSSR count). The first-order valence-corrected chi connectivity index (χ1v) is 7.16. The summed E-state index contributed by atoms with van der Waals surface area (Å²) in [6, 6.07) is 6.02. The molecule has 0 aliphatic carbocycles. The second-order valence-corrected chi connectivity index (χ2v) is 4.91. The Balaban J connectivity index is 1.95. The lowest BCUT2D eigenvalue weighted by Crippen LogP contribution is -2.30. The Labute approximate surface area is 132 Å². The molecule has 1 aliphatic heterocycles. The van der Waals surface area contributed by atoms with Gasteiger partial charge in [-0.15, -0.1) is 0 Å². The molecular weight excluding hydrogens is 311 g/mol. The van der Waals surface area contributed by atoms with Crippen molar-refractivity contribution < 1.29 is 27.4 Å². The van der Waals surface area contributed by atoms with Crippen LogP contribution in [0.5, 0.6) is 0 Å². The summed E-state index contributed by atoms with van der Waals surface area (Å²) < 4.78 is 47.7. The number of hydrogen-bond acceptors (Lipinski definition) is 3. The summed E-state index contributed by atoms with van der Waals surface area (Å²) in [4.78, 5) is 11.0. The Morgan fingerprint density at radius 1 is 1.35 bits per heavy atom. The van der Waals surface area contributed by atoms with Crippen molar-refractivity contribution in [2.45, 2.75) is 31.7 Å². The minimum Gasteiger partial charge on any atom is -0.353 e. The Morgan fingerprint density at radius 3 is 2.83 bits per heavy atom. The van der Waals surface area contributed by atoms with E-state index in [9.17, 15) is 18.0 Å². The number of para-hydroxylation sites is 1. The first-order chi connectivity index (χ1) is 11.0. The first kappa shape index (κ1) is 17.3. The maximum atomic E-state index is 12.3. The van der Waals surface area contributed by atoms with Crippen LogP contribution < -0.4 is 5.32 Å². The van der Waals surface area contributed by atoms with Gasteiger partial charge in [-0.2, -0.15) is 13.2 Å². The highest BCUT2D eigenvalue weighted by Crippen LogP contribution is 2.20. The molecule has 1 aromatic rings. The number of alkyl halides is 3. The second-order valence-electron chi connectivity index (χ2n) is 4.91. The van der Waals surface area contributed by atoms with Gasteiger partial charge in [-0.25, -0.2) is 0 Å². The highest BCUT2D eigenvalue weighted by Gasteiger charge is 2.38. The summed E-state index contributed by atoms with van der Waals surface area (Å²) in [6.45, 7) is 0.761. The van der Waals surface area contributed by atoms with Crippen molar-refractivity contribution in [3.05, 3.63) is 29.8 Å². The van der Waals surface area contributed by atoms with E-state index in [-0.39, 0.29) is 18.6 Å². The zero-order valence-electron chi connectivity index (χ0n) is 12.3. The van der Waals surface area contributed by atoms with Crippen molar-refractivity contribution in [3.8, 4) is 11.8 Å². The average Bonchev–Trinajstić information content (AvgIpc) is 2.53. The number of carbonyl (C=O) groups excluding carboxylic acids is 1. The van der Waals surface area contributed by atoms with Gasteiger partial charge in [0.15, 0.2) is 6.29 Å². The Bertz CT molecular complexity index is 599. The summed E-state index contributed by atoms with van der Waals surface area (Å²) in [5.41, 5.74) is 0.300. The van der Waals surface area contributed by atoms with Gasteiger partial charge in [0.25, 0.3) is 0 Å². The second kappa shape index (κ2) is 7.99. The number of ether oxygens (including phenoxy) is 2. The molecule has 4 nitrogen and oxygen atoms in total. The molecule has 1 N–H and O–H groups in total. The summed E-state index contributed by atoms with van der Waals surface area (Å²) in [6.07, 6.45) is -2.37. The van der Waals surface area contributed by atoms with E-state index in [1.165, 1.54) is 18.2 Å². The molecule has 1 fully saturated rings. The van der Waals surface area contributed by atoms with E-state index < -0.39 is 12.1 Å². The van der Waals surface area contributed by atoms with Crippen LogP contribution in [0.2, 0.25) is 0 Å². The third kappa shape index (κ3) is 5.58. The molecule has 0 spiro atoms. The van der Waals surface area contributed by atoms with Crippen molar-refractivity contribution in [1.29, 1.82) is 0 Å². The highest BCUT2D eigenvalue weighted by molar-refractivity contribution is 5.96. The molecule has 1 saturated heterocycles. The van der Waals surface area contributed by atoms with Crippen LogP contribution in [0.1, 0.15) is 24.8 Å². The molecule has 1 amide bonds. The Morgan fingerprint density at radius 2 is 2.13 bits per heavy atom. The monoisotopic (exact) mass is 327 g/mol. The van der Waals surface area contributed by atoms with Gasteiger partial charge < -0.3 is 14.8 Å². The maximum absolute atomic E-state index is 12.3. The number of halogens is 3. The van der Waals surface area contributed by atoms with Crippen LogP contribution in [0.3, 0.4) is 0 Å². The fraction of sp³-hybridized carbons (Fsp3) is 0.438. The predicted molar refractivity (Wildman–Crippen MR) is 77.5 cm³/mol. The fourth-order valence-electron chi connectivity index (χ4n) is 2.00. The minimum absolute atomic E-state index is 0.0104. The summed E-state index contributed by atoms with van der Waals surface area (Å²) >= 11 is 0. The van der Waals surface area contributed by atoms with E-state index in [2.05, 4.69) is 11.8 Å². The zero-order chi connectivity index (χ0) is 16.7. The smallest absolute Gasteiger partial charge is 0.353 e. The zero-order valence-corrected chi connectivity index (χ0v) is 12.3. The third-order valence-electron chi connectivity index (χ3n) is 3.14. The van der Waals surface area contributed by atoms with Crippen LogP contribution in [0.15, 0.2) is 24.3 Å². The lowest BCUT2D eigenvalue weighted by Gasteiger charge is -2.21. The number of anilines is 1. The van der Waals surface area contributed by atoms with Crippen molar-refractivity contribution in [2.24, 2.45) is 0 Å². The van der Waals surface area contributed by atoms with Gasteiger partial charge >= 0.3 is 12.1 Å². The van der Waals surface area contributed by atoms with E-state index in [0.29, 0.717) is 12.2 Å². The predicted octanol–water partition coefficient (Wildman–Crippen LogP) is 3.08. The van der Waals surface area contributed by atoms with E-state index in [0.717, 1.165) is 19.3 Å². The van der Waals surface area contributed by atoms with Crippen LogP contribution in [0.25, 0.3) is 0 Å². The largest absolute Gasteiger partial charge is 0.471 e. The van der Waals surface area contributed by atoms with E-state index in [1.807, 2.05) is 5.32 Å². The molecule has 1 atom stereocenters. The molecule has 1 aliphatic rings. The quantitative estimate of drug-likeness (QED) is 0.868. The molecule has 23 heavy (non-hydrogen) atoms. The molecule has 7 heteroatoms. The van der Waals surface area contributed by atoms with Crippen molar-refractivity contribution in [3.63, 3.8) is 0 Å². The normalized spacial score (nSPS) is 18.0. The lowest BCUT2D eigenvalue weighted by molar-refractivity contribution is -0.167. The number of hydrogen-bond donors (Lipinski definition) is 1. The molecule has 1 aromatic carbocycles. The van der Waals surface area contributed by atoms with Gasteiger partial charge in [0.1, 0.15) is 6.61 Å². The SMILES string of the molecule is O=C(Nc1ccccc1C#CCOC1CCCCO1)C(F)(F)F. The number of benzene rings is 1. The topological polar surface area (TPSA) is 47.6 Å². The molecule has 1 unspecified atom stereocenters. The average molecular weight is 327 g/mol. The Hall–Kier alpha value is -2.04. The van der Waals surface area contributed by atoms with E-state index in [4.69, 9.17) is 9.47 Å². The lowest BCUT2D eigenvalue weighted by atomic mass is 10.2.